The van der Waals surface area contributed by atoms with Gasteiger partial charge in [-0.15, -0.1) is 0 Å². The molecule has 1 rings (SSSR count). The minimum Gasteiger partial charge on any atom is -0.461 e. The maximum absolute atomic E-state index is 11.8. The molecule has 1 aromatic rings. The Morgan fingerprint density at radius 2 is 1.80 bits per heavy atom. The molecule has 1 atom stereocenters. The first kappa shape index (κ1) is 21.1. The molecule has 25 heavy (non-hydrogen) atoms. The van der Waals surface area contributed by atoms with Gasteiger partial charge in [0, 0.05) is 13.0 Å². The smallest absolute Gasteiger partial charge is 0.306 e. The Hall–Kier alpha value is -1.92. The van der Waals surface area contributed by atoms with Gasteiger partial charge in [-0.2, -0.15) is 0 Å². The fourth-order valence-corrected chi connectivity index (χ4v) is 2.36. The summed E-state index contributed by atoms with van der Waals surface area (Å²) < 4.78 is 5.22. The van der Waals surface area contributed by atoms with Gasteiger partial charge in [-0.1, -0.05) is 43.2 Å². The molecule has 0 aliphatic heterocycles. The van der Waals surface area contributed by atoms with E-state index < -0.39 is 6.04 Å². The van der Waals surface area contributed by atoms with Crippen LogP contribution in [0.5, 0.6) is 0 Å². The first-order valence-electron chi connectivity index (χ1n) is 9.06. The molecule has 0 heterocycles. The number of hydrogen-bond donors (Lipinski definition) is 3. The normalized spacial score (nSPS) is 11.8. The van der Waals surface area contributed by atoms with E-state index in [1.54, 1.807) is 0 Å². The van der Waals surface area contributed by atoms with E-state index in [0.717, 1.165) is 37.7 Å². The molecule has 0 aliphatic carbocycles. The van der Waals surface area contributed by atoms with Crippen LogP contribution < -0.4 is 16.8 Å². The number of ether oxygens (including phenoxy) is 1. The van der Waals surface area contributed by atoms with Crippen LogP contribution in [0.1, 0.15) is 50.5 Å². The van der Waals surface area contributed by atoms with E-state index in [4.69, 9.17) is 16.2 Å². The first-order chi connectivity index (χ1) is 12.1. The lowest BCUT2D eigenvalue weighted by atomic mass is 10.1. The number of benzene rings is 1. The highest BCUT2D eigenvalue weighted by Crippen LogP contribution is 2.05. The fourth-order valence-electron chi connectivity index (χ4n) is 2.36. The van der Waals surface area contributed by atoms with Crippen LogP contribution in [0.3, 0.4) is 0 Å². The zero-order valence-corrected chi connectivity index (χ0v) is 14.9. The summed E-state index contributed by atoms with van der Waals surface area (Å²) in [5.74, 6) is -0.297. The molecule has 0 bridgehead atoms. The van der Waals surface area contributed by atoms with E-state index in [9.17, 15) is 9.59 Å². The molecule has 140 valence electrons. The molecule has 0 radical (unpaired) electrons. The molecule has 1 unspecified atom stereocenters. The van der Waals surface area contributed by atoms with E-state index in [-0.39, 0.29) is 11.9 Å². The number of carbonyl (C=O) groups excluding carboxylic acids is 2. The van der Waals surface area contributed by atoms with Gasteiger partial charge >= 0.3 is 5.97 Å². The van der Waals surface area contributed by atoms with Crippen LogP contribution in [0.25, 0.3) is 0 Å². The highest BCUT2D eigenvalue weighted by Gasteiger charge is 2.11. The number of nitrogens with one attached hydrogen (secondary N) is 1. The SMILES string of the molecule is NCCCCC(N)C(=O)NCCCCCC(=O)OCc1ccccc1. The minimum absolute atomic E-state index is 0.112. The van der Waals surface area contributed by atoms with Crippen molar-refractivity contribution in [2.75, 3.05) is 13.1 Å². The second-order valence-corrected chi connectivity index (χ2v) is 6.14. The van der Waals surface area contributed by atoms with Crippen LogP contribution in [0.2, 0.25) is 0 Å². The summed E-state index contributed by atoms with van der Waals surface area (Å²) in [4.78, 5) is 23.4. The second kappa shape index (κ2) is 13.4. The Balaban J connectivity index is 1.98. The molecule has 1 amide bonds. The summed E-state index contributed by atoms with van der Waals surface area (Å²) in [6.45, 7) is 1.53. The largest absolute Gasteiger partial charge is 0.461 e. The van der Waals surface area contributed by atoms with Crippen LogP contribution in [0, 0.1) is 0 Å². The van der Waals surface area contributed by atoms with Gasteiger partial charge in [-0.05, 0) is 37.8 Å². The van der Waals surface area contributed by atoms with Gasteiger partial charge in [0.05, 0.1) is 6.04 Å². The highest BCUT2D eigenvalue weighted by molar-refractivity contribution is 5.81. The van der Waals surface area contributed by atoms with Gasteiger partial charge in [-0.25, -0.2) is 0 Å². The first-order valence-corrected chi connectivity index (χ1v) is 9.06. The fraction of sp³-hybridized carbons (Fsp3) is 0.579. The maximum Gasteiger partial charge on any atom is 0.306 e. The lowest BCUT2D eigenvalue weighted by Gasteiger charge is -2.11. The van der Waals surface area contributed by atoms with E-state index in [1.165, 1.54) is 0 Å². The zero-order valence-electron chi connectivity index (χ0n) is 14.9. The third kappa shape index (κ3) is 10.5. The third-order valence-corrected chi connectivity index (χ3v) is 3.91. The summed E-state index contributed by atoms with van der Waals surface area (Å²) in [5.41, 5.74) is 12.2. The summed E-state index contributed by atoms with van der Waals surface area (Å²) in [6.07, 6.45) is 5.27. The summed E-state index contributed by atoms with van der Waals surface area (Å²) in [6, 6.07) is 9.16. The number of nitrogens with two attached hydrogens (primary N) is 2. The molecule has 5 N–H and O–H groups in total. The molecule has 0 aliphatic rings. The molecule has 6 heteroatoms. The number of carbonyl (C=O) groups is 2. The number of rotatable bonds is 13. The van der Waals surface area contributed by atoms with Crippen molar-refractivity contribution in [3.05, 3.63) is 35.9 Å². The van der Waals surface area contributed by atoms with Crippen molar-refractivity contribution in [1.82, 2.24) is 5.32 Å². The molecular formula is C19H31N3O3. The van der Waals surface area contributed by atoms with Crippen LogP contribution >= 0.6 is 0 Å². The lowest BCUT2D eigenvalue weighted by molar-refractivity contribution is -0.145. The molecule has 0 fully saturated rings. The zero-order chi connectivity index (χ0) is 18.3. The van der Waals surface area contributed by atoms with Crippen molar-refractivity contribution in [2.45, 2.75) is 57.6 Å². The summed E-state index contributed by atoms with van der Waals surface area (Å²) >= 11 is 0. The Morgan fingerprint density at radius 1 is 1.04 bits per heavy atom. The maximum atomic E-state index is 11.8. The highest BCUT2D eigenvalue weighted by atomic mass is 16.5. The Morgan fingerprint density at radius 3 is 2.52 bits per heavy atom. The Labute approximate surface area is 150 Å². The van der Waals surface area contributed by atoms with Gasteiger partial charge < -0.3 is 21.5 Å². The van der Waals surface area contributed by atoms with E-state index in [1.807, 2.05) is 30.3 Å². The van der Waals surface area contributed by atoms with Crippen molar-refractivity contribution in [1.29, 1.82) is 0 Å². The van der Waals surface area contributed by atoms with E-state index in [2.05, 4.69) is 5.32 Å². The molecule has 0 saturated heterocycles. The van der Waals surface area contributed by atoms with Crippen molar-refractivity contribution < 1.29 is 14.3 Å². The molecule has 0 spiro atoms. The number of esters is 1. The number of amides is 1. The predicted molar refractivity (Wildman–Crippen MR) is 98.6 cm³/mol. The molecule has 0 aromatic heterocycles. The number of unbranched alkanes of at least 4 members (excludes halogenated alkanes) is 3. The molecule has 0 saturated carbocycles. The van der Waals surface area contributed by atoms with Crippen LogP contribution in [0.4, 0.5) is 0 Å². The van der Waals surface area contributed by atoms with Crippen molar-refractivity contribution >= 4 is 11.9 Å². The third-order valence-electron chi connectivity index (χ3n) is 3.91. The Kier molecular flexibility index (Phi) is 11.3. The number of hydrogen-bond acceptors (Lipinski definition) is 5. The van der Waals surface area contributed by atoms with Crippen LogP contribution in [0.15, 0.2) is 30.3 Å². The van der Waals surface area contributed by atoms with Crippen molar-refractivity contribution in [2.24, 2.45) is 11.5 Å². The van der Waals surface area contributed by atoms with Crippen LogP contribution in [-0.2, 0) is 20.9 Å². The van der Waals surface area contributed by atoms with Gasteiger partial charge in [0.15, 0.2) is 0 Å². The standard InChI is InChI=1S/C19H31N3O3/c20-13-7-6-11-17(21)19(24)22-14-8-2-5-12-18(23)25-15-16-9-3-1-4-10-16/h1,3-4,9-10,17H,2,5-8,11-15,20-21H2,(H,22,24). The minimum atomic E-state index is -0.459. The van der Waals surface area contributed by atoms with Crippen molar-refractivity contribution in [3.8, 4) is 0 Å². The second-order valence-electron chi connectivity index (χ2n) is 6.14. The van der Waals surface area contributed by atoms with Gasteiger partial charge in [-0.3, -0.25) is 9.59 Å². The van der Waals surface area contributed by atoms with E-state index >= 15 is 0 Å². The van der Waals surface area contributed by atoms with Gasteiger partial charge in [0.25, 0.3) is 0 Å². The van der Waals surface area contributed by atoms with Gasteiger partial charge in [0.2, 0.25) is 5.91 Å². The molecule has 6 nitrogen and oxygen atoms in total. The average molecular weight is 349 g/mol. The quantitative estimate of drug-likeness (QED) is 0.372. The van der Waals surface area contributed by atoms with Crippen molar-refractivity contribution in [3.63, 3.8) is 0 Å². The topological polar surface area (TPSA) is 107 Å². The predicted octanol–water partition coefficient (Wildman–Crippen LogP) is 1.86. The van der Waals surface area contributed by atoms with E-state index in [0.29, 0.717) is 32.5 Å². The lowest BCUT2D eigenvalue weighted by Crippen LogP contribution is -2.40. The average Bonchev–Trinajstić information content (AvgIpc) is 2.63. The van der Waals surface area contributed by atoms with Crippen LogP contribution in [-0.4, -0.2) is 31.0 Å². The summed E-state index contributed by atoms with van der Waals surface area (Å²) in [5, 5.41) is 2.83. The Bertz CT molecular complexity index is 494. The summed E-state index contributed by atoms with van der Waals surface area (Å²) in [7, 11) is 0. The monoisotopic (exact) mass is 349 g/mol. The van der Waals surface area contributed by atoms with Gasteiger partial charge in [0.1, 0.15) is 6.61 Å². The molecular weight excluding hydrogens is 318 g/mol. The molecule has 1 aromatic carbocycles.